The fourth-order valence-corrected chi connectivity index (χ4v) is 5.39. The van der Waals surface area contributed by atoms with Crippen molar-refractivity contribution in [3.05, 3.63) is 89.6 Å². The maximum atomic E-state index is 13.8. The van der Waals surface area contributed by atoms with Crippen LogP contribution < -0.4 is 24.4 Å². The monoisotopic (exact) mass is 526 g/mol. The molecular weight excluding hydrogens is 500 g/mol. The van der Waals surface area contributed by atoms with Crippen LogP contribution in [0.4, 0.5) is 0 Å². The second-order valence-corrected chi connectivity index (χ2v) is 9.52. The van der Waals surface area contributed by atoms with Gasteiger partial charge in [0.05, 0.1) is 36.6 Å². The molecule has 1 atom stereocenters. The van der Waals surface area contributed by atoms with Crippen molar-refractivity contribution in [1.82, 2.24) is 4.57 Å². The van der Waals surface area contributed by atoms with Gasteiger partial charge >= 0.3 is 5.97 Å². The number of carbonyl (C=O) groups is 1. The molecule has 2 aromatic carbocycles. The number of thiazole rings is 1. The third-order valence-corrected chi connectivity index (χ3v) is 7.01. The Balaban J connectivity index is 2.02. The van der Waals surface area contributed by atoms with Crippen molar-refractivity contribution in [1.29, 1.82) is 0 Å². The number of benzene rings is 2. The minimum absolute atomic E-state index is 0.197. The number of aromatic nitrogens is 1. The summed E-state index contributed by atoms with van der Waals surface area (Å²) in [5.74, 6) is 0.722. The highest BCUT2D eigenvalue weighted by molar-refractivity contribution is 7.07. The van der Waals surface area contributed by atoms with E-state index < -0.39 is 12.0 Å². The largest absolute Gasteiger partial charge is 0.497 e. The molecule has 4 rings (SSSR count). The maximum absolute atomic E-state index is 13.8. The van der Waals surface area contributed by atoms with Gasteiger partial charge in [-0.3, -0.25) is 9.36 Å². The first-order chi connectivity index (χ1) is 17.4. The number of hydrogen-bond acceptors (Lipinski definition) is 7. The SMILES string of the molecule is CCCC1=C(C(=O)OCC)[C@@H](c2cc(Cl)ccc2OC)n2c(s/c(=C/c3ccc(OC)cc3)c2=O)=N1. The molecular formula is C27H27ClN2O5S. The Morgan fingerprint density at radius 1 is 1.14 bits per heavy atom. The predicted octanol–water partition coefficient (Wildman–Crippen LogP) is 4.25. The minimum atomic E-state index is -0.798. The summed E-state index contributed by atoms with van der Waals surface area (Å²) in [5.41, 5.74) is 2.09. The molecule has 0 N–H and O–H groups in total. The zero-order valence-electron chi connectivity index (χ0n) is 20.5. The molecule has 1 aliphatic rings. The summed E-state index contributed by atoms with van der Waals surface area (Å²) in [6.45, 7) is 3.96. The summed E-state index contributed by atoms with van der Waals surface area (Å²) in [4.78, 5) is 32.4. The third-order valence-electron chi connectivity index (χ3n) is 5.79. The first kappa shape index (κ1) is 25.7. The summed E-state index contributed by atoms with van der Waals surface area (Å²) in [5, 5.41) is 0.461. The van der Waals surface area contributed by atoms with Gasteiger partial charge in [-0.25, -0.2) is 9.79 Å². The summed E-state index contributed by atoms with van der Waals surface area (Å²) in [6.07, 6.45) is 3.13. The maximum Gasteiger partial charge on any atom is 0.338 e. The number of rotatable bonds is 8. The summed E-state index contributed by atoms with van der Waals surface area (Å²) in [6, 6.07) is 11.8. The van der Waals surface area contributed by atoms with Crippen LogP contribution in [0.5, 0.6) is 11.5 Å². The van der Waals surface area contributed by atoms with E-state index in [-0.39, 0.29) is 12.2 Å². The second kappa shape index (κ2) is 11.1. The number of allylic oxidation sites excluding steroid dienone is 1. The van der Waals surface area contributed by atoms with E-state index in [1.165, 1.54) is 11.3 Å². The van der Waals surface area contributed by atoms with Crippen LogP contribution in [0.25, 0.3) is 6.08 Å². The lowest BCUT2D eigenvalue weighted by molar-refractivity contribution is -0.139. The number of ether oxygens (including phenoxy) is 3. The molecule has 0 unspecified atom stereocenters. The average molecular weight is 527 g/mol. The summed E-state index contributed by atoms with van der Waals surface area (Å²) in [7, 11) is 3.15. The molecule has 1 aromatic heterocycles. The van der Waals surface area contributed by atoms with Crippen LogP contribution in [0.3, 0.4) is 0 Å². The van der Waals surface area contributed by atoms with Crippen LogP contribution in [0.2, 0.25) is 5.02 Å². The molecule has 2 heterocycles. The van der Waals surface area contributed by atoms with E-state index >= 15 is 0 Å². The van der Waals surface area contributed by atoms with Crippen molar-refractivity contribution in [2.75, 3.05) is 20.8 Å². The van der Waals surface area contributed by atoms with Crippen molar-refractivity contribution in [3.63, 3.8) is 0 Å². The highest BCUT2D eigenvalue weighted by Gasteiger charge is 2.36. The molecule has 0 bridgehead atoms. The van der Waals surface area contributed by atoms with Crippen LogP contribution in [0, 0.1) is 0 Å². The molecule has 9 heteroatoms. The number of carbonyl (C=O) groups excluding carboxylic acids is 1. The van der Waals surface area contributed by atoms with Gasteiger partial charge in [0, 0.05) is 10.6 Å². The van der Waals surface area contributed by atoms with Crippen molar-refractivity contribution in [2.45, 2.75) is 32.7 Å². The molecule has 36 heavy (non-hydrogen) atoms. The van der Waals surface area contributed by atoms with E-state index in [0.717, 1.165) is 17.7 Å². The van der Waals surface area contributed by atoms with Crippen LogP contribution >= 0.6 is 22.9 Å². The van der Waals surface area contributed by atoms with E-state index in [2.05, 4.69) is 0 Å². The number of nitrogens with zero attached hydrogens (tertiary/aromatic N) is 2. The van der Waals surface area contributed by atoms with Crippen LogP contribution in [-0.4, -0.2) is 31.4 Å². The van der Waals surface area contributed by atoms with Gasteiger partial charge in [-0.05, 0) is 55.3 Å². The van der Waals surface area contributed by atoms with E-state index in [1.807, 2.05) is 37.3 Å². The Hall–Kier alpha value is -3.36. The van der Waals surface area contributed by atoms with Gasteiger partial charge in [-0.15, -0.1) is 0 Å². The topological polar surface area (TPSA) is 79.1 Å². The van der Waals surface area contributed by atoms with Crippen molar-refractivity contribution in [3.8, 4) is 11.5 Å². The predicted molar refractivity (Wildman–Crippen MR) is 141 cm³/mol. The van der Waals surface area contributed by atoms with Gasteiger partial charge in [0.2, 0.25) is 0 Å². The number of hydrogen-bond donors (Lipinski definition) is 0. The summed E-state index contributed by atoms with van der Waals surface area (Å²) < 4.78 is 18.3. The molecule has 0 saturated carbocycles. The molecule has 0 amide bonds. The fourth-order valence-electron chi connectivity index (χ4n) is 4.19. The van der Waals surface area contributed by atoms with Gasteiger partial charge < -0.3 is 14.2 Å². The first-order valence-electron chi connectivity index (χ1n) is 11.6. The molecule has 0 aliphatic carbocycles. The molecule has 188 valence electrons. The normalized spacial score (nSPS) is 15.4. The Labute approximate surface area is 217 Å². The number of esters is 1. The van der Waals surface area contributed by atoms with Gasteiger partial charge in [0.15, 0.2) is 4.80 Å². The smallest absolute Gasteiger partial charge is 0.338 e. The fraction of sp³-hybridized carbons (Fsp3) is 0.296. The third kappa shape index (κ3) is 4.96. The molecule has 7 nitrogen and oxygen atoms in total. The summed E-state index contributed by atoms with van der Waals surface area (Å²) >= 11 is 7.65. The van der Waals surface area contributed by atoms with Crippen molar-refractivity contribution in [2.24, 2.45) is 4.99 Å². The highest BCUT2D eigenvalue weighted by Crippen LogP contribution is 2.38. The number of halogens is 1. The number of fused-ring (bicyclic) bond motifs is 1. The van der Waals surface area contributed by atoms with E-state index in [0.29, 0.717) is 43.4 Å². The van der Waals surface area contributed by atoms with Crippen molar-refractivity contribution >= 4 is 35.0 Å². The quantitative estimate of drug-likeness (QED) is 0.410. The van der Waals surface area contributed by atoms with Gasteiger partial charge in [-0.2, -0.15) is 0 Å². The van der Waals surface area contributed by atoms with Crippen LogP contribution in [0.1, 0.15) is 43.9 Å². The van der Waals surface area contributed by atoms with E-state index in [9.17, 15) is 9.59 Å². The lowest BCUT2D eigenvalue weighted by atomic mass is 9.93. The Morgan fingerprint density at radius 3 is 2.53 bits per heavy atom. The molecule has 0 saturated heterocycles. The highest BCUT2D eigenvalue weighted by atomic mass is 35.5. The number of methoxy groups -OCH3 is 2. The Kier molecular flexibility index (Phi) is 7.96. The zero-order valence-corrected chi connectivity index (χ0v) is 22.1. The zero-order chi connectivity index (χ0) is 25.8. The van der Waals surface area contributed by atoms with Gasteiger partial charge in [0.1, 0.15) is 17.5 Å². The van der Waals surface area contributed by atoms with Gasteiger partial charge in [-0.1, -0.05) is 48.4 Å². The van der Waals surface area contributed by atoms with E-state index in [1.54, 1.807) is 43.9 Å². The lowest BCUT2D eigenvalue weighted by Gasteiger charge is -2.27. The second-order valence-electron chi connectivity index (χ2n) is 8.07. The first-order valence-corrected chi connectivity index (χ1v) is 12.8. The molecule has 0 fully saturated rings. The minimum Gasteiger partial charge on any atom is -0.497 e. The van der Waals surface area contributed by atoms with Crippen LogP contribution in [0.15, 0.2) is 63.5 Å². The average Bonchev–Trinajstić information content (AvgIpc) is 3.18. The molecule has 3 aromatic rings. The van der Waals surface area contributed by atoms with Crippen molar-refractivity contribution < 1.29 is 19.0 Å². The molecule has 0 spiro atoms. The van der Waals surface area contributed by atoms with Crippen LogP contribution in [-0.2, 0) is 9.53 Å². The molecule has 1 aliphatic heterocycles. The van der Waals surface area contributed by atoms with E-state index in [4.69, 9.17) is 30.8 Å². The lowest BCUT2D eigenvalue weighted by Crippen LogP contribution is -2.40. The molecule has 0 radical (unpaired) electrons. The standard InChI is InChI=1S/C27H27ClN2O5S/c1-5-7-20-23(26(32)35-6-2)24(19-15-17(28)10-13-21(19)34-4)30-25(31)22(36-27(30)29-20)14-16-8-11-18(33-3)12-9-16/h8-15,24H,5-7H2,1-4H3/b22-14+/t24-/m1/s1. The van der Waals surface area contributed by atoms with Gasteiger partial charge in [0.25, 0.3) is 5.56 Å². The Morgan fingerprint density at radius 2 is 1.89 bits per heavy atom. The Bertz CT molecular complexity index is 1490.